The summed E-state index contributed by atoms with van der Waals surface area (Å²) in [4.78, 5) is 16.7. The zero-order chi connectivity index (χ0) is 20.5. The number of rotatable bonds is 5. The van der Waals surface area contributed by atoms with Gasteiger partial charge in [0.1, 0.15) is 0 Å². The fourth-order valence-corrected chi connectivity index (χ4v) is 4.08. The molecule has 1 aliphatic rings. The van der Waals surface area contributed by atoms with E-state index in [0.717, 1.165) is 12.0 Å². The number of nitrogens with zero attached hydrogens (tertiary/aromatic N) is 3. The molecule has 0 bridgehead atoms. The molecule has 0 aromatic carbocycles. The number of hydrogen-bond acceptors (Lipinski definition) is 6. The molecule has 0 fully saturated rings. The summed E-state index contributed by atoms with van der Waals surface area (Å²) in [6.45, 7) is 8.89. The number of nitrogens with one attached hydrogen (secondary N) is 2. The molecule has 9 nitrogen and oxygen atoms in total. The molecule has 3 heterocycles. The van der Waals surface area contributed by atoms with Crippen molar-refractivity contribution in [2.24, 2.45) is 0 Å². The van der Waals surface area contributed by atoms with Crippen molar-refractivity contribution in [3.8, 4) is 5.88 Å². The van der Waals surface area contributed by atoms with Gasteiger partial charge in [0.25, 0.3) is 10.0 Å². The number of fused-ring (bicyclic) bond motifs is 1. The van der Waals surface area contributed by atoms with E-state index in [9.17, 15) is 13.2 Å². The topological polar surface area (TPSA) is 115 Å². The number of carbonyl (C=O) groups excluding carboxylic acids is 1. The first-order chi connectivity index (χ1) is 13.2. The molecule has 2 amide bonds. The minimum atomic E-state index is -4.13. The quantitative estimate of drug-likeness (QED) is 0.787. The maximum atomic E-state index is 12.7. The predicted octanol–water partition coefficient (Wildman–Crippen LogP) is 2.82. The van der Waals surface area contributed by atoms with E-state index in [2.05, 4.69) is 20.1 Å². The minimum absolute atomic E-state index is 0.0571. The van der Waals surface area contributed by atoms with Crippen molar-refractivity contribution < 1.29 is 17.9 Å². The third-order valence-corrected chi connectivity index (χ3v) is 5.76. The molecule has 0 saturated carbocycles. The van der Waals surface area contributed by atoms with E-state index < -0.39 is 16.1 Å². The van der Waals surface area contributed by atoms with E-state index in [0.29, 0.717) is 24.5 Å². The normalized spacial score (nSPS) is 13.9. The summed E-state index contributed by atoms with van der Waals surface area (Å²) >= 11 is 0. The fourth-order valence-electron chi connectivity index (χ4n) is 3.09. The van der Waals surface area contributed by atoms with Gasteiger partial charge in [-0.3, -0.25) is 4.98 Å². The number of aryl methyl sites for hydroxylation is 1. The van der Waals surface area contributed by atoms with Gasteiger partial charge < -0.3 is 10.1 Å². The van der Waals surface area contributed by atoms with Crippen molar-refractivity contribution in [3.63, 3.8) is 0 Å². The molecule has 28 heavy (non-hydrogen) atoms. The molecule has 152 valence electrons. The molecule has 0 radical (unpaired) electrons. The van der Waals surface area contributed by atoms with Gasteiger partial charge in [0, 0.05) is 19.2 Å². The number of pyridine rings is 1. The number of amides is 2. The first-order valence-electron chi connectivity index (χ1n) is 9.22. The van der Waals surface area contributed by atoms with E-state index in [1.165, 1.54) is 10.9 Å². The molecular formula is C18H25N5O4S. The van der Waals surface area contributed by atoms with Crippen molar-refractivity contribution in [3.05, 3.63) is 29.7 Å². The van der Waals surface area contributed by atoms with Crippen molar-refractivity contribution in [2.45, 2.75) is 57.4 Å². The molecule has 2 N–H and O–H groups in total. The Morgan fingerprint density at radius 1 is 1.25 bits per heavy atom. The highest BCUT2D eigenvalue weighted by Crippen LogP contribution is 2.31. The first-order valence-corrected chi connectivity index (χ1v) is 10.7. The SMILES string of the molecule is CC(C)c1ccnc(C(C)C)c1NC(=O)NS(=O)(=O)c1cnn2c1OCCC2. The number of anilines is 1. The van der Waals surface area contributed by atoms with Crippen LogP contribution in [0.1, 0.15) is 57.2 Å². The Kier molecular flexibility index (Phi) is 5.59. The Balaban J connectivity index is 1.86. The predicted molar refractivity (Wildman–Crippen MR) is 104 cm³/mol. The standard InChI is InChI=1S/C18H25N5O4S/c1-11(2)13-6-7-19-15(12(3)4)16(13)21-18(24)22-28(25,26)14-10-20-23-8-5-9-27-17(14)23/h6-7,10-12H,5,8-9H2,1-4H3,(H2,21,22,24). The molecule has 0 atom stereocenters. The van der Waals surface area contributed by atoms with Gasteiger partial charge in [-0.1, -0.05) is 27.7 Å². The van der Waals surface area contributed by atoms with E-state index in [1.54, 1.807) is 6.20 Å². The molecule has 10 heteroatoms. The van der Waals surface area contributed by atoms with Crippen LogP contribution in [0, 0.1) is 0 Å². The van der Waals surface area contributed by atoms with Gasteiger partial charge in [0.2, 0.25) is 5.88 Å². The number of aromatic nitrogens is 3. The van der Waals surface area contributed by atoms with Gasteiger partial charge in [-0.25, -0.2) is 22.6 Å². The molecule has 2 aromatic heterocycles. The maximum absolute atomic E-state index is 12.7. The van der Waals surface area contributed by atoms with E-state index >= 15 is 0 Å². The van der Waals surface area contributed by atoms with Crippen molar-refractivity contribution in [1.82, 2.24) is 19.5 Å². The highest BCUT2D eigenvalue weighted by Gasteiger charge is 2.29. The number of ether oxygens (including phenoxy) is 1. The van der Waals surface area contributed by atoms with Gasteiger partial charge in [-0.05, 0) is 23.5 Å². The third kappa shape index (κ3) is 3.96. The second kappa shape index (κ2) is 7.78. The Hall–Kier alpha value is -2.62. The summed E-state index contributed by atoms with van der Waals surface area (Å²) in [5.74, 6) is 0.337. The highest BCUT2D eigenvalue weighted by molar-refractivity contribution is 7.90. The lowest BCUT2D eigenvalue weighted by atomic mass is 9.97. The van der Waals surface area contributed by atoms with Gasteiger partial charge >= 0.3 is 6.03 Å². The molecule has 3 rings (SSSR count). The fraction of sp³-hybridized carbons (Fsp3) is 0.500. The van der Waals surface area contributed by atoms with E-state index in [-0.39, 0.29) is 22.6 Å². The number of urea groups is 1. The summed E-state index contributed by atoms with van der Waals surface area (Å²) in [6.07, 6.45) is 3.64. The van der Waals surface area contributed by atoms with Crippen LogP contribution in [0.15, 0.2) is 23.4 Å². The van der Waals surface area contributed by atoms with Crippen LogP contribution in [0.2, 0.25) is 0 Å². The molecule has 0 aliphatic carbocycles. The Morgan fingerprint density at radius 3 is 2.68 bits per heavy atom. The van der Waals surface area contributed by atoms with Gasteiger partial charge in [-0.2, -0.15) is 5.10 Å². The second-order valence-corrected chi connectivity index (χ2v) is 8.92. The van der Waals surface area contributed by atoms with Crippen LogP contribution in [0.5, 0.6) is 5.88 Å². The number of hydrogen-bond donors (Lipinski definition) is 2. The van der Waals surface area contributed by atoms with Crippen LogP contribution in [-0.2, 0) is 16.6 Å². The first kappa shape index (κ1) is 20.1. The number of sulfonamides is 1. The molecule has 0 saturated heterocycles. The average Bonchev–Trinajstić information content (AvgIpc) is 3.06. The smallest absolute Gasteiger partial charge is 0.333 e. The molecule has 2 aromatic rings. The van der Waals surface area contributed by atoms with Gasteiger partial charge in [0.15, 0.2) is 4.90 Å². The Morgan fingerprint density at radius 2 is 2.00 bits per heavy atom. The molecule has 0 unspecified atom stereocenters. The van der Waals surface area contributed by atoms with Crippen LogP contribution in [-0.4, -0.2) is 35.8 Å². The van der Waals surface area contributed by atoms with Crippen molar-refractivity contribution in [2.75, 3.05) is 11.9 Å². The lowest BCUT2D eigenvalue weighted by molar-refractivity contribution is 0.224. The zero-order valence-electron chi connectivity index (χ0n) is 16.4. The van der Waals surface area contributed by atoms with Crippen LogP contribution >= 0.6 is 0 Å². The van der Waals surface area contributed by atoms with Crippen LogP contribution in [0.25, 0.3) is 0 Å². The van der Waals surface area contributed by atoms with Gasteiger partial charge in [-0.15, -0.1) is 0 Å². The van der Waals surface area contributed by atoms with E-state index in [4.69, 9.17) is 4.74 Å². The monoisotopic (exact) mass is 407 g/mol. The Bertz CT molecular complexity index is 956. The summed E-state index contributed by atoms with van der Waals surface area (Å²) in [7, 11) is -4.13. The minimum Gasteiger partial charge on any atom is -0.477 e. The van der Waals surface area contributed by atoms with Crippen LogP contribution in [0.3, 0.4) is 0 Å². The second-order valence-electron chi connectivity index (χ2n) is 7.27. The molecular weight excluding hydrogens is 382 g/mol. The molecule has 1 aliphatic heterocycles. The van der Waals surface area contributed by atoms with Crippen molar-refractivity contribution in [1.29, 1.82) is 0 Å². The average molecular weight is 407 g/mol. The summed E-state index contributed by atoms with van der Waals surface area (Å²) in [5.41, 5.74) is 2.12. The number of carbonyl (C=O) groups is 1. The maximum Gasteiger partial charge on any atom is 0.333 e. The Labute approximate surface area is 164 Å². The van der Waals surface area contributed by atoms with Gasteiger partial charge in [0.05, 0.1) is 24.2 Å². The molecule has 0 spiro atoms. The lowest BCUT2D eigenvalue weighted by Gasteiger charge is -2.19. The lowest BCUT2D eigenvalue weighted by Crippen LogP contribution is -2.35. The third-order valence-electron chi connectivity index (χ3n) is 4.45. The van der Waals surface area contributed by atoms with E-state index in [1.807, 2.05) is 33.8 Å². The zero-order valence-corrected chi connectivity index (χ0v) is 17.2. The van der Waals surface area contributed by atoms with Crippen molar-refractivity contribution >= 4 is 21.7 Å². The summed E-state index contributed by atoms with van der Waals surface area (Å²) < 4.78 is 34.3. The summed E-state index contributed by atoms with van der Waals surface area (Å²) in [5, 5.41) is 6.70. The largest absolute Gasteiger partial charge is 0.477 e. The summed E-state index contributed by atoms with van der Waals surface area (Å²) in [6, 6.07) is 0.968. The van der Waals surface area contributed by atoms with Crippen LogP contribution < -0.4 is 14.8 Å². The van der Waals surface area contributed by atoms with Crippen LogP contribution in [0.4, 0.5) is 10.5 Å². The highest BCUT2D eigenvalue weighted by atomic mass is 32.2.